The number of ether oxygens (including phenoxy) is 1. The molecule has 1 aliphatic carbocycles. The first kappa shape index (κ1) is 16.3. The highest BCUT2D eigenvalue weighted by Crippen LogP contribution is 2.47. The molecule has 1 aromatic heterocycles. The van der Waals surface area contributed by atoms with Gasteiger partial charge < -0.3 is 10.1 Å². The molecule has 21 heavy (non-hydrogen) atoms. The lowest BCUT2D eigenvalue weighted by Gasteiger charge is -2.41. The Kier molecular flexibility index (Phi) is 5.31. The molecule has 0 bridgehead atoms. The van der Waals surface area contributed by atoms with Gasteiger partial charge in [-0.2, -0.15) is 5.10 Å². The standard InChI is InChI=1S/C17H31N3O/c1-6-18-16(17(4)10-8-7-9-11-17)15-14(21-5)12-19-20(15)13(2)3/h12-13,16,18H,6-11H2,1-5H3. The van der Waals surface area contributed by atoms with Crippen molar-refractivity contribution >= 4 is 0 Å². The monoisotopic (exact) mass is 293 g/mol. The normalized spacial score (nSPS) is 19.7. The number of methoxy groups -OCH3 is 1. The Morgan fingerprint density at radius 2 is 2.00 bits per heavy atom. The first-order valence-electron chi connectivity index (χ1n) is 8.38. The lowest BCUT2D eigenvalue weighted by atomic mass is 9.69. The fraction of sp³-hybridized carbons (Fsp3) is 0.824. The Morgan fingerprint density at radius 1 is 1.33 bits per heavy atom. The molecule has 1 aliphatic rings. The van der Waals surface area contributed by atoms with Crippen molar-refractivity contribution in [1.29, 1.82) is 0 Å². The summed E-state index contributed by atoms with van der Waals surface area (Å²) < 4.78 is 7.75. The first-order valence-corrected chi connectivity index (χ1v) is 8.38. The van der Waals surface area contributed by atoms with Crippen molar-refractivity contribution in [2.45, 2.75) is 71.9 Å². The van der Waals surface area contributed by atoms with E-state index in [1.165, 1.54) is 37.8 Å². The number of rotatable bonds is 6. The first-order chi connectivity index (χ1) is 10.0. The summed E-state index contributed by atoms with van der Waals surface area (Å²) in [6.45, 7) is 9.94. The third-order valence-corrected chi connectivity index (χ3v) is 4.88. The summed E-state index contributed by atoms with van der Waals surface area (Å²) >= 11 is 0. The van der Waals surface area contributed by atoms with Crippen LogP contribution >= 0.6 is 0 Å². The van der Waals surface area contributed by atoms with Gasteiger partial charge in [0.1, 0.15) is 0 Å². The van der Waals surface area contributed by atoms with Gasteiger partial charge in [-0.1, -0.05) is 33.1 Å². The van der Waals surface area contributed by atoms with Crippen LogP contribution in [-0.4, -0.2) is 23.4 Å². The third kappa shape index (κ3) is 3.25. The van der Waals surface area contributed by atoms with E-state index in [1.54, 1.807) is 7.11 Å². The van der Waals surface area contributed by atoms with Crippen LogP contribution in [0.4, 0.5) is 0 Å². The molecule has 1 unspecified atom stereocenters. The van der Waals surface area contributed by atoms with Crippen LogP contribution < -0.4 is 10.1 Å². The van der Waals surface area contributed by atoms with Crippen LogP contribution in [0.3, 0.4) is 0 Å². The number of nitrogens with one attached hydrogen (secondary N) is 1. The van der Waals surface area contributed by atoms with Gasteiger partial charge in [0.05, 0.1) is 25.0 Å². The maximum atomic E-state index is 5.62. The molecule has 0 aliphatic heterocycles. The van der Waals surface area contributed by atoms with Gasteiger partial charge in [0.2, 0.25) is 0 Å². The molecule has 1 atom stereocenters. The Labute approximate surface area is 129 Å². The fourth-order valence-electron chi connectivity index (χ4n) is 3.72. The smallest absolute Gasteiger partial charge is 0.161 e. The van der Waals surface area contributed by atoms with Gasteiger partial charge in [-0.15, -0.1) is 0 Å². The Morgan fingerprint density at radius 3 is 2.52 bits per heavy atom. The number of aromatic nitrogens is 2. The summed E-state index contributed by atoms with van der Waals surface area (Å²) in [5.74, 6) is 0.918. The van der Waals surface area contributed by atoms with Gasteiger partial charge in [-0.25, -0.2) is 0 Å². The second-order valence-electron chi connectivity index (χ2n) is 6.84. The zero-order valence-corrected chi connectivity index (χ0v) is 14.3. The van der Waals surface area contributed by atoms with E-state index in [0.717, 1.165) is 12.3 Å². The van der Waals surface area contributed by atoms with Crippen molar-refractivity contribution in [2.75, 3.05) is 13.7 Å². The summed E-state index contributed by atoms with van der Waals surface area (Å²) in [5, 5.41) is 8.29. The van der Waals surface area contributed by atoms with Gasteiger partial charge in [-0.05, 0) is 38.6 Å². The zero-order chi connectivity index (χ0) is 15.5. The minimum absolute atomic E-state index is 0.286. The van der Waals surface area contributed by atoms with E-state index < -0.39 is 0 Å². The SMILES string of the molecule is CCNC(c1c(OC)cnn1C(C)C)C1(C)CCCCC1. The molecule has 0 amide bonds. The van der Waals surface area contributed by atoms with E-state index in [4.69, 9.17) is 4.74 Å². The highest BCUT2D eigenvalue weighted by molar-refractivity contribution is 5.30. The van der Waals surface area contributed by atoms with Gasteiger partial charge in [-0.3, -0.25) is 4.68 Å². The van der Waals surface area contributed by atoms with E-state index in [-0.39, 0.29) is 5.41 Å². The average molecular weight is 293 g/mol. The minimum atomic E-state index is 0.286. The molecule has 1 N–H and O–H groups in total. The second-order valence-corrected chi connectivity index (χ2v) is 6.84. The molecule has 4 nitrogen and oxygen atoms in total. The third-order valence-electron chi connectivity index (χ3n) is 4.88. The summed E-state index contributed by atoms with van der Waals surface area (Å²) in [5.41, 5.74) is 1.51. The van der Waals surface area contributed by atoms with E-state index >= 15 is 0 Å². The molecular weight excluding hydrogens is 262 g/mol. The van der Waals surface area contributed by atoms with Crippen LogP contribution in [0.1, 0.15) is 77.6 Å². The van der Waals surface area contributed by atoms with Gasteiger partial charge in [0, 0.05) is 6.04 Å². The quantitative estimate of drug-likeness (QED) is 0.858. The molecular formula is C17H31N3O. The number of hydrogen-bond acceptors (Lipinski definition) is 3. The molecule has 0 spiro atoms. The Hall–Kier alpha value is -1.03. The number of nitrogens with zero attached hydrogens (tertiary/aromatic N) is 2. The van der Waals surface area contributed by atoms with E-state index in [1.807, 2.05) is 6.20 Å². The van der Waals surface area contributed by atoms with E-state index in [0.29, 0.717) is 12.1 Å². The molecule has 1 fully saturated rings. The van der Waals surface area contributed by atoms with E-state index in [9.17, 15) is 0 Å². The van der Waals surface area contributed by atoms with Crippen molar-refractivity contribution in [3.63, 3.8) is 0 Å². The molecule has 1 saturated carbocycles. The predicted octanol–water partition coefficient (Wildman–Crippen LogP) is 4.09. The maximum Gasteiger partial charge on any atom is 0.161 e. The molecule has 2 rings (SSSR count). The van der Waals surface area contributed by atoms with Gasteiger partial charge in [0.15, 0.2) is 5.75 Å². The molecule has 0 radical (unpaired) electrons. The summed E-state index contributed by atoms with van der Waals surface area (Å²) in [6, 6.07) is 0.653. The fourth-order valence-corrected chi connectivity index (χ4v) is 3.72. The Balaban J connectivity index is 2.44. The van der Waals surface area contributed by atoms with Gasteiger partial charge in [0.25, 0.3) is 0 Å². The topological polar surface area (TPSA) is 39.1 Å². The van der Waals surface area contributed by atoms with Crippen molar-refractivity contribution in [3.8, 4) is 5.75 Å². The molecule has 4 heteroatoms. The van der Waals surface area contributed by atoms with Crippen molar-refractivity contribution in [2.24, 2.45) is 5.41 Å². The largest absolute Gasteiger partial charge is 0.493 e. The number of hydrogen-bond donors (Lipinski definition) is 1. The van der Waals surface area contributed by atoms with Crippen LogP contribution in [0.25, 0.3) is 0 Å². The van der Waals surface area contributed by atoms with Crippen molar-refractivity contribution in [3.05, 3.63) is 11.9 Å². The average Bonchev–Trinajstić information content (AvgIpc) is 2.89. The molecule has 1 aromatic rings. The molecule has 120 valence electrons. The summed E-state index contributed by atoms with van der Waals surface area (Å²) in [4.78, 5) is 0. The lowest BCUT2D eigenvalue weighted by Crippen LogP contribution is -2.39. The van der Waals surface area contributed by atoms with Crippen LogP contribution in [0.15, 0.2) is 6.20 Å². The van der Waals surface area contributed by atoms with Crippen molar-refractivity contribution in [1.82, 2.24) is 15.1 Å². The van der Waals surface area contributed by atoms with Crippen LogP contribution in [-0.2, 0) is 0 Å². The van der Waals surface area contributed by atoms with Crippen LogP contribution in [0.5, 0.6) is 5.75 Å². The molecule has 0 aromatic carbocycles. The second kappa shape index (κ2) is 6.82. The zero-order valence-electron chi connectivity index (χ0n) is 14.3. The molecule has 1 heterocycles. The lowest BCUT2D eigenvalue weighted by molar-refractivity contribution is 0.136. The minimum Gasteiger partial charge on any atom is -0.493 e. The van der Waals surface area contributed by atoms with Gasteiger partial charge >= 0.3 is 0 Å². The van der Waals surface area contributed by atoms with Crippen LogP contribution in [0.2, 0.25) is 0 Å². The van der Waals surface area contributed by atoms with Crippen LogP contribution in [0, 0.1) is 5.41 Å². The van der Waals surface area contributed by atoms with E-state index in [2.05, 4.69) is 42.8 Å². The highest BCUT2D eigenvalue weighted by Gasteiger charge is 2.39. The highest BCUT2D eigenvalue weighted by atomic mass is 16.5. The summed E-state index contributed by atoms with van der Waals surface area (Å²) in [6.07, 6.45) is 8.45. The van der Waals surface area contributed by atoms with Crippen molar-refractivity contribution < 1.29 is 4.74 Å². The predicted molar refractivity (Wildman–Crippen MR) is 86.8 cm³/mol. The Bertz CT molecular complexity index is 447. The molecule has 0 saturated heterocycles. The summed E-state index contributed by atoms with van der Waals surface area (Å²) in [7, 11) is 1.75. The maximum absolute atomic E-state index is 5.62.